The molecule has 22 heavy (non-hydrogen) atoms. The number of rotatable bonds is 4. The third-order valence-electron chi connectivity index (χ3n) is 4.51. The van der Waals surface area contributed by atoms with Crippen LogP contribution in [-0.2, 0) is 11.2 Å². The standard InChI is InChI=1S/C19H21NOS/c1-2-9-18-16(7-1)17-8-3-5-15(19(17)22-18)6-4-10-20-11-13-21-14-12-20/h1-3,5,7-9H,4,6,10-14H2. The number of morpholine rings is 1. The highest BCUT2D eigenvalue weighted by Crippen LogP contribution is 2.36. The summed E-state index contributed by atoms with van der Waals surface area (Å²) in [4.78, 5) is 2.52. The van der Waals surface area contributed by atoms with Crippen molar-refractivity contribution in [2.45, 2.75) is 12.8 Å². The summed E-state index contributed by atoms with van der Waals surface area (Å²) in [6.07, 6.45) is 2.40. The Morgan fingerprint density at radius 3 is 2.68 bits per heavy atom. The molecule has 0 saturated carbocycles. The molecule has 0 unspecified atom stereocenters. The highest BCUT2D eigenvalue weighted by molar-refractivity contribution is 7.26. The summed E-state index contributed by atoms with van der Waals surface area (Å²) in [6, 6.07) is 15.5. The molecule has 1 aromatic heterocycles. The maximum atomic E-state index is 5.42. The van der Waals surface area contributed by atoms with Crippen molar-refractivity contribution in [2.24, 2.45) is 0 Å². The third kappa shape index (κ3) is 2.76. The summed E-state index contributed by atoms with van der Waals surface area (Å²) in [7, 11) is 0. The van der Waals surface area contributed by atoms with E-state index < -0.39 is 0 Å². The van der Waals surface area contributed by atoms with E-state index in [1.54, 1.807) is 0 Å². The summed E-state index contributed by atoms with van der Waals surface area (Å²) in [5.41, 5.74) is 1.51. The van der Waals surface area contributed by atoms with E-state index in [-0.39, 0.29) is 0 Å². The molecule has 0 bridgehead atoms. The Hall–Kier alpha value is -1.42. The number of nitrogens with zero attached hydrogens (tertiary/aromatic N) is 1. The van der Waals surface area contributed by atoms with Crippen molar-refractivity contribution >= 4 is 31.5 Å². The zero-order chi connectivity index (χ0) is 14.8. The predicted molar refractivity (Wildman–Crippen MR) is 94.9 cm³/mol. The fourth-order valence-corrected chi connectivity index (χ4v) is 4.56. The van der Waals surface area contributed by atoms with E-state index in [2.05, 4.69) is 47.4 Å². The minimum absolute atomic E-state index is 0.895. The van der Waals surface area contributed by atoms with Gasteiger partial charge in [-0.05, 0) is 31.0 Å². The van der Waals surface area contributed by atoms with Gasteiger partial charge >= 0.3 is 0 Å². The molecule has 0 N–H and O–H groups in total. The monoisotopic (exact) mass is 311 g/mol. The first-order chi connectivity index (χ1) is 10.9. The van der Waals surface area contributed by atoms with Crippen molar-refractivity contribution in [3.8, 4) is 0 Å². The van der Waals surface area contributed by atoms with Crippen molar-refractivity contribution in [3.63, 3.8) is 0 Å². The lowest BCUT2D eigenvalue weighted by Gasteiger charge is -2.26. The second-order valence-corrected chi connectivity index (χ2v) is 7.00. The lowest BCUT2D eigenvalue weighted by Crippen LogP contribution is -2.36. The second-order valence-electron chi connectivity index (χ2n) is 5.95. The van der Waals surface area contributed by atoms with Gasteiger partial charge in [0.2, 0.25) is 0 Å². The topological polar surface area (TPSA) is 12.5 Å². The molecule has 1 saturated heterocycles. The zero-order valence-corrected chi connectivity index (χ0v) is 13.6. The molecule has 114 valence electrons. The Kier molecular flexibility index (Phi) is 4.11. The first kappa shape index (κ1) is 14.2. The highest BCUT2D eigenvalue weighted by Gasteiger charge is 2.11. The summed E-state index contributed by atoms with van der Waals surface area (Å²) in [6.45, 7) is 5.16. The number of fused-ring (bicyclic) bond motifs is 3. The van der Waals surface area contributed by atoms with Crippen molar-refractivity contribution in [1.82, 2.24) is 4.90 Å². The molecule has 2 heterocycles. The van der Waals surface area contributed by atoms with Crippen molar-refractivity contribution in [1.29, 1.82) is 0 Å². The number of ether oxygens (including phenoxy) is 1. The van der Waals surface area contributed by atoms with Gasteiger partial charge in [0.05, 0.1) is 13.2 Å². The van der Waals surface area contributed by atoms with Crippen molar-refractivity contribution < 1.29 is 4.74 Å². The Balaban J connectivity index is 1.53. The lowest BCUT2D eigenvalue weighted by atomic mass is 10.1. The molecule has 2 nitrogen and oxygen atoms in total. The lowest BCUT2D eigenvalue weighted by molar-refractivity contribution is 0.0375. The summed E-state index contributed by atoms with van der Waals surface area (Å²) >= 11 is 1.94. The van der Waals surface area contributed by atoms with Gasteiger partial charge in [-0.2, -0.15) is 0 Å². The number of benzene rings is 2. The van der Waals surface area contributed by atoms with E-state index in [0.29, 0.717) is 0 Å². The second kappa shape index (κ2) is 6.37. The van der Waals surface area contributed by atoms with E-state index in [0.717, 1.165) is 26.3 Å². The minimum Gasteiger partial charge on any atom is -0.379 e. The van der Waals surface area contributed by atoms with Gasteiger partial charge in [0, 0.05) is 33.3 Å². The van der Waals surface area contributed by atoms with E-state index >= 15 is 0 Å². The summed E-state index contributed by atoms with van der Waals surface area (Å²) < 4.78 is 8.29. The van der Waals surface area contributed by atoms with Gasteiger partial charge in [-0.15, -0.1) is 11.3 Å². The third-order valence-corrected chi connectivity index (χ3v) is 5.77. The van der Waals surface area contributed by atoms with Crippen LogP contribution < -0.4 is 0 Å². The van der Waals surface area contributed by atoms with E-state index in [9.17, 15) is 0 Å². The van der Waals surface area contributed by atoms with E-state index in [4.69, 9.17) is 4.74 Å². The first-order valence-corrected chi connectivity index (χ1v) is 8.93. The van der Waals surface area contributed by atoms with Crippen molar-refractivity contribution in [3.05, 3.63) is 48.0 Å². The molecule has 1 aliphatic heterocycles. The fourth-order valence-electron chi connectivity index (χ4n) is 3.32. The molecule has 3 heteroatoms. The van der Waals surface area contributed by atoms with Gasteiger partial charge in [-0.3, -0.25) is 4.90 Å². The van der Waals surface area contributed by atoms with Crippen LogP contribution in [0.5, 0.6) is 0 Å². The average Bonchev–Trinajstić information content (AvgIpc) is 2.96. The fraction of sp³-hybridized carbons (Fsp3) is 0.368. The van der Waals surface area contributed by atoms with Crippen LogP contribution in [0.3, 0.4) is 0 Å². The molecular formula is C19H21NOS. The quantitative estimate of drug-likeness (QED) is 0.711. The molecule has 2 aromatic carbocycles. The van der Waals surface area contributed by atoms with Gasteiger partial charge in [0.25, 0.3) is 0 Å². The van der Waals surface area contributed by atoms with Crippen LogP contribution in [0.4, 0.5) is 0 Å². The molecule has 4 rings (SSSR count). The minimum atomic E-state index is 0.895. The Morgan fingerprint density at radius 1 is 0.955 bits per heavy atom. The van der Waals surface area contributed by atoms with Gasteiger partial charge in [-0.25, -0.2) is 0 Å². The van der Waals surface area contributed by atoms with Crippen LogP contribution in [0.1, 0.15) is 12.0 Å². The Morgan fingerprint density at radius 2 is 1.77 bits per heavy atom. The van der Waals surface area contributed by atoms with E-state index in [1.165, 1.54) is 45.1 Å². The smallest absolute Gasteiger partial charge is 0.0594 e. The SMILES string of the molecule is c1ccc2c(c1)sc1c(CCCN3CCOCC3)cccc12. The maximum absolute atomic E-state index is 5.42. The number of hydrogen-bond acceptors (Lipinski definition) is 3. The van der Waals surface area contributed by atoms with Gasteiger partial charge in [-0.1, -0.05) is 36.4 Å². The van der Waals surface area contributed by atoms with E-state index in [1.807, 2.05) is 11.3 Å². The van der Waals surface area contributed by atoms with Gasteiger partial charge < -0.3 is 4.74 Å². The summed E-state index contributed by atoms with van der Waals surface area (Å²) in [5.74, 6) is 0. The Bertz CT molecular complexity index is 773. The zero-order valence-electron chi connectivity index (χ0n) is 12.8. The predicted octanol–water partition coefficient (Wildman–Crippen LogP) is 4.32. The molecule has 0 amide bonds. The molecule has 0 atom stereocenters. The van der Waals surface area contributed by atoms with Crippen LogP contribution in [0, 0.1) is 0 Å². The molecule has 0 radical (unpaired) electrons. The molecule has 0 spiro atoms. The molecular weight excluding hydrogens is 290 g/mol. The van der Waals surface area contributed by atoms with Gasteiger partial charge in [0.1, 0.15) is 0 Å². The van der Waals surface area contributed by atoms with Gasteiger partial charge in [0.15, 0.2) is 0 Å². The van der Waals surface area contributed by atoms with Crippen LogP contribution in [0.2, 0.25) is 0 Å². The van der Waals surface area contributed by atoms with Crippen molar-refractivity contribution in [2.75, 3.05) is 32.8 Å². The van der Waals surface area contributed by atoms with Crippen LogP contribution in [0.15, 0.2) is 42.5 Å². The molecule has 0 aliphatic carbocycles. The normalized spacial score (nSPS) is 16.5. The summed E-state index contributed by atoms with van der Waals surface area (Å²) in [5, 5.41) is 2.82. The highest BCUT2D eigenvalue weighted by atomic mass is 32.1. The van der Waals surface area contributed by atoms with Crippen LogP contribution in [-0.4, -0.2) is 37.7 Å². The van der Waals surface area contributed by atoms with Crippen LogP contribution in [0.25, 0.3) is 20.2 Å². The maximum Gasteiger partial charge on any atom is 0.0594 e. The molecule has 1 fully saturated rings. The average molecular weight is 311 g/mol. The molecule has 1 aliphatic rings. The first-order valence-electron chi connectivity index (χ1n) is 8.11. The largest absolute Gasteiger partial charge is 0.379 e. The number of hydrogen-bond donors (Lipinski definition) is 0. The van der Waals surface area contributed by atoms with Crippen LogP contribution >= 0.6 is 11.3 Å². The number of thiophene rings is 1. The Labute approximate surface area is 135 Å². The number of aryl methyl sites for hydroxylation is 1. The molecule has 3 aromatic rings.